The first kappa shape index (κ1) is 17.8. The molecule has 0 radical (unpaired) electrons. The van der Waals surface area contributed by atoms with Gasteiger partial charge in [0.15, 0.2) is 5.96 Å². The van der Waals surface area contributed by atoms with Crippen molar-refractivity contribution in [1.82, 2.24) is 25.0 Å². The smallest absolute Gasteiger partial charge is 0.191 e. The van der Waals surface area contributed by atoms with E-state index in [-0.39, 0.29) is 0 Å². The number of guanidine groups is 1. The molecular formula is C17H32N6. The molecule has 1 atom stereocenters. The molecular weight excluding hydrogens is 288 g/mol. The van der Waals surface area contributed by atoms with Crippen LogP contribution < -0.4 is 10.6 Å². The van der Waals surface area contributed by atoms with Crippen LogP contribution >= 0.6 is 0 Å². The topological polar surface area (TPSA) is 47.8 Å². The summed E-state index contributed by atoms with van der Waals surface area (Å²) in [4.78, 5) is 9.68. The highest BCUT2D eigenvalue weighted by atomic mass is 15.3. The average Bonchev–Trinajstić information content (AvgIpc) is 3.06. The maximum Gasteiger partial charge on any atom is 0.191 e. The maximum atomic E-state index is 4.76. The number of hydrogen-bond acceptors (Lipinski definition) is 3. The van der Waals surface area contributed by atoms with Crippen molar-refractivity contribution in [1.29, 1.82) is 0 Å². The first-order valence-corrected chi connectivity index (χ1v) is 8.74. The van der Waals surface area contributed by atoms with Crippen LogP contribution in [-0.2, 0) is 6.54 Å². The lowest BCUT2D eigenvalue weighted by molar-refractivity contribution is 0.122. The number of nitrogens with zero attached hydrogens (tertiary/aromatic N) is 4. The Morgan fingerprint density at radius 3 is 2.48 bits per heavy atom. The van der Waals surface area contributed by atoms with Gasteiger partial charge in [0.05, 0.1) is 6.54 Å². The van der Waals surface area contributed by atoms with E-state index in [0.717, 1.165) is 58.3 Å². The minimum Gasteiger partial charge on any atom is -0.357 e. The fraction of sp³-hybridized carbons (Fsp3) is 0.706. The molecule has 1 aromatic rings. The largest absolute Gasteiger partial charge is 0.357 e. The van der Waals surface area contributed by atoms with Gasteiger partial charge in [-0.3, -0.25) is 9.89 Å². The highest BCUT2D eigenvalue weighted by Crippen LogP contribution is 2.05. The molecule has 2 heterocycles. The van der Waals surface area contributed by atoms with Crippen molar-refractivity contribution in [2.75, 3.05) is 52.9 Å². The molecule has 23 heavy (non-hydrogen) atoms. The lowest BCUT2D eigenvalue weighted by atomic mass is 10.2. The van der Waals surface area contributed by atoms with E-state index >= 15 is 0 Å². The summed E-state index contributed by atoms with van der Waals surface area (Å²) in [6.07, 6.45) is 4.17. The van der Waals surface area contributed by atoms with E-state index in [0.29, 0.717) is 6.04 Å². The van der Waals surface area contributed by atoms with Crippen molar-refractivity contribution in [3.05, 3.63) is 24.5 Å². The summed E-state index contributed by atoms with van der Waals surface area (Å²) in [5.41, 5.74) is 0. The van der Waals surface area contributed by atoms with Crippen LogP contribution in [0.3, 0.4) is 0 Å². The Hall–Kier alpha value is -1.53. The molecule has 1 aliphatic heterocycles. The van der Waals surface area contributed by atoms with E-state index in [4.69, 9.17) is 4.99 Å². The van der Waals surface area contributed by atoms with E-state index in [9.17, 15) is 0 Å². The molecule has 1 unspecified atom stereocenters. The summed E-state index contributed by atoms with van der Waals surface area (Å²) < 4.78 is 2.17. The predicted molar refractivity (Wildman–Crippen MR) is 96.9 cm³/mol. The number of aromatic nitrogens is 1. The summed E-state index contributed by atoms with van der Waals surface area (Å²) in [5.74, 6) is 0.917. The van der Waals surface area contributed by atoms with Crippen molar-refractivity contribution in [3.63, 3.8) is 0 Å². The summed E-state index contributed by atoms with van der Waals surface area (Å²) in [5, 5.41) is 6.75. The van der Waals surface area contributed by atoms with Gasteiger partial charge in [-0.1, -0.05) is 0 Å². The summed E-state index contributed by atoms with van der Waals surface area (Å²) in [7, 11) is 2.19. The molecule has 0 bridgehead atoms. The molecule has 0 saturated carbocycles. The molecule has 1 fully saturated rings. The summed E-state index contributed by atoms with van der Waals surface area (Å²) in [6.45, 7) is 12.5. The number of nitrogens with one attached hydrogen (secondary N) is 2. The van der Waals surface area contributed by atoms with Crippen LogP contribution in [0.4, 0.5) is 0 Å². The van der Waals surface area contributed by atoms with Gasteiger partial charge in [-0.25, -0.2) is 0 Å². The van der Waals surface area contributed by atoms with Gasteiger partial charge in [-0.2, -0.15) is 0 Å². The van der Waals surface area contributed by atoms with Gasteiger partial charge in [0, 0.05) is 64.2 Å². The molecule has 1 aliphatic rings. The monoisotopic (exact) mass is 320 g/mol. The van der Waals surface area contributed by atoms with Gasteiger partial charge in [-0.05, 0) is 33.0 Å². The molecule has 0 aromatic carbocycles. The molecule has 2 rings (SSSR count). The van der Waals surface area contributed by atoms with E-state index in [1.54, 1.807) is 0 Å². The van der Waals surface area contributed by atoms with Gasteiger partial charge >= 0.3 is 0 Å². The Balaban J connectivity index is 1.75. The van der Waals surface area contributed by atoms with Crippen LogP contribution in [0.2, 0.25) is 0 Å². The highest BCUT2D eigenvalue weighted by molar-refractivity contribution is 5.79. The van der Waals surface area contributed by atoms with Gasteiger partial charge in [0.2, 0.25) is 0 Å². The number of aliphatic imine (C=N–C) groups is 1. The second kappa shape index (κ2) is 9.57. The van der Waals surface area contributed by atoms with Crippen LogP contribution in [0.25, 0.3) is 0 Å². The van der Waals surface area contributed by atoms with Crippen LogP contribution in [-0.4, -0.2) is 79.2 Å². The summed E-state index contributed by atoms with van der Waals surface area (Å²) in [6, 6.07) is 4.59. The zero-order valence-corrected chi connectivity index (χ0v) is 14.8. The molecule has 130 valence electrons. The normalized spacial score (nSPS) is 18.8. The van der Waals surface area contributed by atoms with Crippen molar-refractivity contribution in [2.24, 2.45) is 4.99 Å². The first-order valence-electron chi connectivity index (χ1n) is 8.74. The minimum atomic E-state index is 0.489. The third kappa shape index (κ3) is 6.23. The standard InChI is InChI=1S/C17H32N6/c1-4-18-17(19-7-10-22-8-5-6-9-22)20-15-16(2)23-13-11-21(3)12-14-23/h5-6,8-9,16H,4,7,10-15H2,1-3H3,(H2,18,19,20). The van der Waals surface area contributed by atoms with Crippen LogP contribution in [0.5, 0.6) is 0 Å². The SMILES string of the molecule is CCNC(=NCC(C)N1CCN(C)CC1)NCCn1cccc1. The Bertz CT molecular complexity index is 448. The Morgan fingerprint density at radius 2 is 1.83 bits per heavy atom. The zero-order valence-electron chi connectivity index (χ0n) is 14.8. The molecule has 1 saturated heterocycles. The average molecular weight is 320 g/mol. The van der Waals surface area contributed by atoms with E-state index < -0.39 is 0 Å². The molecule has 1 aromatic heterocycles. The molecule has 0 aliphatic carbocycles. The van der Waals surface area contributed by atoms with E-state index in [2.05, 4.69) is 70.4 Å². The van der Waals surface area contributed by atoms with E-state index in [1.807, 2.05) is 0 Å². The first-order chi connectivity index (χ1) is 11.2. The quantitative estimate of drug-likeness (QED) is 0.573. The number of piperazine rings is 1. The molecule has 6 heteroatoms. The van der Waals surface area contributed by atoms with Crippen molar-refractivity contribution in [2.45, 2.75) is 26.4 Å². The molecule has 0 amide bonds. The fourth-order valence-corrected chi connectivity index (χ4v) is 2.77. The highest BCUT2D eigenvalue weighted by Gasteiger charge is 2.18. The lowest BCUT2D eigenvalue weighted by Crippen LogP contribution is -2.49. The fourth-order valence-electron chi connectivity index (χ4n) is 2.77. The van der Waals surface area contributed by atoms with Crippen LogP contribution in [0.1, 0.15) is 13.8 Å². The van der Waals surface area contributed by atoms with Gasteiger partial charge in [-0.15, -0.1) is 0 Å². The van der Waals surface area contributed by atoms with Crippen LogP contribution in [0, 0.1) is 0 Å². The lowest BCUT2D eigenvalue weighted by Gasteiger charge is -2.35. The number of rotatable bonds is 7. The number of hydrogen-bond donors (Lipinski definition) is 2. The summed E-state index contributed by atoms with van der Waals surface area (Å²) >= 11 is 0. The second-order valence-electron chi connectivity index (χ2n) is 6.26. The third-order valence-corrected chi connectivity index (χ3v) is 4.35. The molecule has 2 N–H and O–H groups in total. The van der Waals surface area contributed by atoms with Crippen molar-refractivity contribution in [3.8, 4) is 0 Å². The second-order valence-corrected chi connectivity index (χ2v) is 6.26. The van der Waals surface area contributed by atoms with Crippen molar-refractivity contribution >= 4 is 5.96 Å². The van der Waals surface area contributed by atoms with Crippen LogP contribution in [0.15, 0.2) is 29.5 Å². The molecule has 6 nitrogen and oxygen atoms in total. The van der Waals surface area contributed by atoms with Gasteiger partial charge in [0.25, 0.3) is 0 Å². The minimum absolute atomic E-state index is 0.489. The Kier molecular flexibility index (Phi) is 7.42. The van der Waals surface area contributed by atoms with Gasteiger partial charge in [0.1, 0.15) is 0 Å². The zero-order chi connectivity index (χ0) is 16.5. The Labute approximate surface area is 140 Å². The predicted octanol–water partition coefficient (Wildman–Crippen LogP) is 0.679. The number of likely N-dealkylation sites (N-methyl/N-ethyl adjacent to an activating group) is 1. The van der Waals surface area contributed by atoms with Crippen molar-refractivity contribution < 1.29 is 0 Å². The van der Waals surface area contributed by atoms with E-state index in [1.165, 1.54) is 0 Å². The maximum absolute atomic E-state index is 4.76. The Morgan fingerprint density at radius 1 is 1.13 bits per heavy atom. The molecule has 0 spiro atoms. The van der Waals surface area contributed by atoms with Gasteiger partial charge < -0.3 is 20.1 Å². The third-order valence-electron chi connectivity index (χ3n) is 4.35.